The number of piperidine rings is 1. The average molecular weight is 380 g/mol. The summed E-state index contributed by atoms with van der Waals surface area (Å²) in [6.45, 7) is 6.99. The topological polar surface area (TPSA) is 43.7 Å². The van der Waals surface area contributed by atoms with Gasteiger partial charge in [0.15, 0.2) is 0 Å². The van der Waals surface area contributed by atoms with Gasteiger partial charge in [-0.25, -0.2) is 0 Å². The fourth-order valence-corrected chi connectivity index (χ4v) is 5.60. The van der Waals surface area contributed by atoms with E-state index in [-0.39, 0.29) is 24.8 Å². The number of hydrogen-bond donors (Lipinski definition) is 2. The van der Waals surface area contributed by atoms with Crippen LogP contribution in [-0.4, -0.2) is 33.9 Å². The molecule has 2 aromatic carbocycles. The highest BCUT2D eigenvalue weighted by Gasteiger charge is 2.45. The summed E-state index contributed by atoms with van der Waals surface area (Å²) >= 11 is 0. The van der Waals surface area contributed by atoms with E-state index in [9.17, 15) is 10.2 Å². The average Bonchev–Trinajstić information content (AvgIpc) is 3.03. The van der Waals surface area contributed by atoms with E-state index >= 15 is 0 Å². The van der Waals surface area contributed by atoms with E-state index in [4.69, 9.17) is 0 Å². The molecule has 0 saturated carbocycles. The summed E-state index contributed by atoms with van der Waals surface area (Å²) in [5.41, 5.74) is 5.30. The van der Waals surface area contributed by atoms with Gasteiger partial charge in [-0.1, -0.05) is 62.4 Å². The Morgan fingerprint density at radius 2 is 1.79 bits per heavy atom. The molecule has 5 atom stereocenters. The number of aliphatic hydroxyl groups excluding tert-OH is 2. The largest absolute Gasteiger partial charge is 0.396 e. The third-order valence-electron chi connectivity index (χ3n) is 6.81. The van der Waals surface area contributed by atoms with Crippen molar-refractivity contribution in [1.29, 1.82) is 0 Å². The van der Waals surface area contributed by atoms with Crippen LogP contribution < -0.4 is 0 Å². The lowest BCUT2D eigenvalue weighted by atomic mass is 9.81. The zero-order valence-electron chi connectivity index (χ0n) is 17.3. The first-order valence-electron chi connectivity index (χ1n) is 10.7. The molecule has 4 rings (SSSR count). The van der Waals surface area contributed by atoms with Gasteiger partial charge >= 0.3 is 0 Å². The molecule has 28 heavy (non-hydrogen) atoms. The van der Waals surface area contributed by atoms with Crippen LogP contribution in [0.25, 0.3) is 0 Å². The number of benzene rings is 2. The zero-order chi connectivity index (χ0) is 19.8. The Labute approximate surface area is 169 Å². The number of likely N-dealkylation sites (tertiary alicyclic amines) is 1. The molecule has 1 heterocycles. The second kappa shape index (κ2) is 7.98. The van der Waals surface area contributed by atoms with Crippen molar-refractivity contribution < 1.29 is 10.2 Å². The van der Waals surface area contributed by atoms with Crippen LogP contribution >= 0.6 is 0 Å². The highest BCUT2D eigenvalue weighted by Crippen LogP contribution is 2.49. The lowest BCUT2D eigenvalue weighted by Crippen LogP contribution is -2.48. The van der Waals surface area contributed by atoms with E-state index in [1.54, 1.807) is 0 Å². The molecule has 0 radical (unpaired) electrons. The standard InChI is InChI=1S/C25H33NO2/c1-16(2)21-11-7-10-20-14-23(28)25(24(20)21)26-17(3)12-18(15-27)13-22(26)19-8-5-4-6-9-19/h4-11,16-18,22-23,25,27-28H,12-15H2,1-3H3/t17-,18-,22+,23-,25-/m1/s1. The first-order valence-corrected chi connectivity index (χ1v) is 10.7. The third kappa shape index (κ3) is 3.41. The molecule has 2 aromatic rings. The zero-order valence-corrected chi connectivity index (χ0v) is 17.3. The maximum atomic E-state index is 11.2. The first-order chi connectivity index (χ1) is 13.5. The van der Waals surface area contributed by atoms with Gasteiger partial charge in [0.2, 0.25) is 0 Å². The summed E-state index contributed by atoms with van der Waals surface area (Å²) < 4.78 is 0. The van der Waals surface area contributed by atoms with E-state index in [0.717, 1.165) is 19.3 Å². The minimum atomic E-state index is -0.380. The van der Waals surface area contributed by atoms with Gasteiger partial charge in [-0.3, -0.25) is 4.90 Å². The molecule has 0 unspecified atom stereocenters. The van der Waals surface area contributed by atoms with Gasteiger partial charge < -0.3 is 10.2 Å². The number of aliphatic hydroxyl groups is 2. The number of fused-ring (bicyclic) bond motifs is 1. The molecule has 2 N–H and O–H groups in total. The molecule has 0 aromatic heterocycles. The van der Waals surface area contributed by atoms with Crippen molar-refractivity contribution in [1.82, 2.24) is 4.90 Å². The Kier molecular flexibility index (Phi) is 5.59. The van der Waals surface area contributed by atoms with Gasteiger partial charge in [-0.15, -0.1) is 0 Å². The van der Waals surface area contributed by atoms with Crippen molar-refractivity contribution in [2.24, 2.45) is 5.92 Å². The SMILES string of the molecule is CC(C)c1cccc2c1[C@H](N1[C@H](C)C[C@@H](CO)C[C@H]1c1ccccc1)[C@H](O)C2. The Hall–Kier alpha value is -1.68. The Bertz CT molecular complexity index is 803. The van der Waals surface area contributed by atoms with Crippen LogP contribution in [-0.2, 0) is 6.42 Å². The van der Waals surface area contributed by atoms with Crippen molar-refractivity contribution in [2.45, 2.75) is 70.2 Å². The van der Waals surface area contributed by atoms with Crippen LogP contribution in [0.2, 0.25) is 0 Å². The summed E-state index contributed by atoms with van der Waals surface area (Å²) in [4.78, 5) is 2.56. The maximum Gasteiger partial charge on any atom is 0.0777 e. The van der Waals surface area contributed by atoms with Crippen LogP contribution in [0.1, 0.15) is 73.9 Å². The molecule has 0 spiro atoms. The molecular formula is C25H33NO2. The van der Waals surface area contributed by atoms with E-state index in [1.165, 1.54) is 22.3 Å². The molecule has 1 aliphatic carbocycles. The summed E-state index contributed by atoms with van der Waals surface area (Å²) in [6.07, 6.45) is 2.26. The molecule has 1 aliphatic heterocycles. The lowest BCUT2D eigenvalue weighted by molar-refractivity contribution is -0.0375. The van der Waals surface area contributed by atoms with Crippen molar-refractivity contribution in [3.05, 3.63) is 70.8 Å². The second-order valence-corrected chi connectivity index (χ2v) is 9.03. The molecule has 3 nitrogen and oxygen atoms in total. The second-order valence-electron chi connectivity index (χ2n) is 9.03. The molecule has 150 valence electrons. The molecule has 0 amide bonds. The fraction of sp³-hybridized carbons (Fsp3) is 0.520. The molecule has 1 fully saturated rings. The number of rotatable bonds is 4. The minimum absolute atomic E-state index is 0.0217. The van der Waals surface area contributed by atoms with Gasteiger partial charge in [0.05, 0.1) is 12.1 Å². The van der Waals surface area contributed by atoms with Crippen LogP contribution in [0, 0.1) is 5.92 Å². The quantitative estimate of drug-likeness (QED) is 0.816. The smallest absolute Gasteiger partial charge is 0.0777 e. The third-order valence-corrected chi connectivity index (χ3v) is 6.81. The predicted octanol–water partition coefficient (Wildman–Crippen LogP) is 4.60. The fourth-order valence-electron chi connectivity index (χ4n) is 5.60. The van der Waals surface area contributed by atoms with E-state index < -0.39 is 0 Å². The van der Waals surface area contributed by atoms with Crippen molar-refractivity contribution in [3.63, 3.8) is 0 Å². The maximum absolute atomic E-state index is 11.2. The molecule has 1 saturated heterocycles. The Morgan fingerprint density at radius 1 is 1.04 bits per heavy atom. The Balaban J connectivity index is 1.80. The highest BCUT2D eigenvalue weighted by molar-refractivity contribution is 5.45. The van der Waals surface area contributed by atoms with Crippen LogP contribution in [0.5, 0.6) is 0 Å². The number of nitrogens with zero attached hydrogens (tertiary/aromatic N) is 1. The Morgan fingerprint density at radius 3 is 2.46 bits per heavy atom. The van der Waals surface area contributed by atoms with Crippen molar-refractivity contribution in [2.75, 3.05) is 6.61 Å². The van der Waals surface area contributed by atoms with Crippen LogP contribution in [0.4, 0.5) is 0 Å². The van der Waals surface area contributed by atoms with E-state index in [1.807, 2.05) is 0 Å². The van der Waals surface area contributed by atoms with Crippen LogP contribution in [0.15, 0.2) is 48.5 Å². The predicted molar refractivity (Wildman–Crippen MR) is 113 cm³/mol. The molecule has 0 bridgehead atoms. The normalized spacial score (nSPS) is 30.6. The number of hydrogen-bond acceptors (Lipinski definition) is 3. The monoisotopic (exact) mass is 379 g/mol. The van der Waals surface area contributed by atoms with Gasteiger partial charge in [-0.2, -0.15) is 0 Å². The summed E-state index contributed by atoms with van der Waals surface area (Å²) in [5.74, 6) is 0.748. The van der Waals surface area contributed by atoms with Crippen LogP contribution in [0.3, 0.4) is 0 Å². The summed E-state index contributed by atoms with van der Waals surface area (Å²) in [7, 11) is 0. The first kappa shape index (κ1) is 19.6. The molecular weight excluding hydrogens is 346 g/mol. The van der Waals surface area contributed by atoms with Crippen molar-refractivity contribution >= 4 is 0 Å². The van der Waals surface area contributed by atoms with Gasteiger partial charge in [0, 0.05) is 25.1 Å². The molecule has 3 heteroatoms. The minimum Gasteiger partial charge on any atom is -0.396 e. The van der Waals surface area contributed by atoms with E-state index in [0.29, 0.717) is 17.9 Å². The summed E-state index contributed by atoms with van der Waals surface area (Å²) in [6, 6.07) is 17.7. The van der Waals surface area contributed by atoms with Gasteiger partial charge in [0.25, 0.3) is 0 Å². The lowest BCUT2D eigenvalue weighted by Gasteiger charge is -2.48. The van der Waals surface area contributed by atoms with Gasteiger partial charge in [-0.05, 0) is 53.9 Å². The van der Waals surface area contributed by atoms with Crippen molar-refractivity contribution in [3.8, 4) is 0 Å². The van der Waals surface area contributed by atoms with E-state index in [2.05, 4.69) is 74.2 Å². The van der Waals surface area contributed by atoms with Gasteiger partial charge in [0.1, 0.15) is 0 Å². The summed E-state index contributed by atoms with van der Waals surface area (Å²) in [5, 5.41) is 21.1. The molecule has 2 aliphatic rings. The highest BCUT2D eigenvalue weighted by atomic mass is 16.3.